The number of benzene rings is 1. The summed E-state index contributed by atoms with van der Waals surface area (Å²) in [7, 11) is 0. The smallest absolute Gasteiger partial charge is 0.356 e. The van der Waals surface area contributed by atoms with Crippen LogP contribution in [0.5, 0.6) is 0 Å². The topological polar surface area (TPSA) is 101 Å². The molecular weight excluding hydrogens is 342 g/mol. The van der Waals surface area contributed by atoms with Crippen LogP contribution < -0.4 is 10.9 Å². The van der Waals surface area contributed by atoms with Crippen LogP contribution in [-0.4, -0.2) is 26.8 Å². The van der Waals surface area contributed by atoms with Crippen LogP contribution >= 0.6 is 15.9 Å². The fourth-order valence-corrected chi connectivity index (χ4v) is 1.95. The molecular formula is C13H10BrN3O4. The van der Waals surface area contributed by atoms with Gasteiger partial charge in [-0.05, 0) is 34.1 Å². The molecule has 0 aliphatic carbocycles. The van der Waals surface area contributed by atoms with Crippen LogP contribution in [0.1, 0.15) is 10.5 Å². The lowest BCUT2D eigenvalue weighted by Gasteiger charge is -2.08. The molecule has 0 atom stereocenters. The van der Waals surface area contributed by atoms with E-state index in [-0.39, 0.29) is 12.2 Å². The number of hydrogen-bond donors (Lipinski definition) is 2. The maximum atomic E-state index is 11.9. The number of para-hydroxylation sites is 1. The minimum Gasteiger partial charge on any atom is -0.476 e. The molecule has 1 heterocycles. The van der Waals surface area contributed by atoms with Gasteiger partial charge in [0.2, 0.25) is 5.91 Å². The number of nitrogens with one attached hydrogen (secondary N) is 1. The van der Waals surface area contributed by atoms with Crippen LogP contribution in [0.2, 0.25) is 0 Å². The number of halogens is 1. The molecule has 1 aromatic carbocycles. The number of anilines is 1. The van der Waals surface area contributed by atoms with Gasteiger partial charge in [-0.15, -0.1) is 0 Å². The summed E-state index contributed by atoms with van der Waals surface area (Å²) in [5.41, 5.74) is -0.310. The second kappa shape index (κ2) is 6.31. The van der Waals surface area contributed by atoms with E-state index >= 15 is 0 Å². The van der Waals surface area contributed by atoms with Crippen molar-refractivity contribution in [2.24, 2.45) is 0 Å². The third-order valence-electron chi connectivity index (χ3n) is 2.53. The zero-order valence-electron chi connectivity index (χ0n) is 10.6. The number of carbonyl (C=O) groups excluding carboxylic acids is 1. The third-order valence-corrected chi connectivity index (χ3v) is 3.22. The Morgan fingerprint density at radius 2 is 1.95 bits per heavy atom. The van der Waals surface area contributed by atoms with Crippen molar-refractivity contribution < 1.29 is 14.7 Å². The molecule has 0 fully saturated rings. The maximum Gasteiger partial charge on any atom is 0.356 e. The van der Waals surface area contributed by atoms with E-state index in [1.54, 1.807) is 24.3 Å². The van der Waals surface area contributed by atoms with E-state index in [2.05, 4.69) is 26.3 Å². The minimum absolute atomic E-state index is 0.303. The van der Waals surface area contributed by atoms with Crippen molar-refractivity contribution in [2.45, 2.75) is 6.54 Å². The van der Waals surface area contributed by atoms with E-state index in [4.69, 9.17) is 5.11 Å². The summed E-state index contributed by atoms with van der Waals surface area (Å²) in [6.45, 7) is -0.374. The van der Waals surface area contributed by atoms with Gasteiger partial charge in [-0.2, -0.15) is 5.10 Å². The lowest BCUT2D eigenvalue weighted by atomic mass is 10.3. The van der Waals surface area contributed by atoms with Gasteiger partial charge in [-0.1, -0.05) is 12.1 Å². The molecule has 8 heteroatoms. The predicted octanol–water partition coefficient (Wildman–Crippen LogP) is 1.34. The summed E-state index contributed by atoms with van der Waals surface area (Å²) in [5, 5.41) is 15.0. The number of amides is 1. The number of aromatic nitrogens is 2. The Morgan fingerprint density at radius 1 is 1.24 bits per heavy atom. The maximum absolute atomic E-state index is 11.9. The SMILES string of the molecule is O=C(Cn1nc(C(=O)O)ccc1=O)Nc1ccccc1Br. The number of carbonyl (C=O) groups is 2. The molecule has 0 saturated carbocycles. The largest absolute Gasteiger partial charge is 0.476 e. The highest BCUT2D eigenvalue weighted by Crippen LogP contribution is 2.20. The predicted molar refractivity (Wildman–Crippen MR) is 78.2 cm³/mol. The lowest BCUT2D eigenvalue weighted by Crippen LogP contribution is -2.30. The molecule has 21 heavy (non-hydrogen) atoms. The van der Waals surface area contributed by atoms with Gasteiger partial charge in [0.05, 0.1) is 5.69 Å². The lowest BCUT2D eigenvalue weighted by molar-refractivity contribution is -0.117. The molecule has 2 N–H and O–H groups in total. The van der Waals surface area contributed by atoms with Crippen molar-refractivity contribution in [2.75, 3.05) is 5.32 Å². The molecule has 2 aromatic rings. The van der Waals surface area contributed by atoms with Gasteiger partial charge in [0, 0.05) is 10.5 Å². The Kier molecular flexibility index (Phi) is 4.49. The van der Waals surface area contributed by atoms with Crippen LogP contribution in [0.4, 0.5) is 5.69 Å². The molecule has 108 valence electrons. The van der Waals surface area contributed by atoms with Crippen LogP contribution in [0.25, 0.3) is 0 Å². The Balaban J connectivity index is 2.17. The molecule has 2 rings (SSSR count). The average Bonchev–Trinajstić information content (AvgIpc) is 2.43. The Morgan fingerprint density at radius 3 is 2.62 bits per heavy atom. The van der Waals surface area contributed by atoms with Crippen molar-refractivity contribution in [1.29, 1.82) is 0 Å². The number of rotatable bonds is 4. The summed E-state index contributed by atoms with van der Waals surface area (Å²) < 4.78 is 1.49. The van der Waals surface area contributed by atoms with Crippen LogP contribution in [0, 0.1) is 0 Å². The van der Waals surface area contributed by atoms with Gasteiger partial charge < -0.3 is 10.4 Å². The number of nitrogens with zero attached hydrogens (tertiary/aromatic N) is 2. The van der Waals surface area contributed by atoms with Gasteiger partial charge in [-0.25, -0.2) is 9.48 Å². The molecule has 7 nitrogen and oxygen atoms in total. The molecule has 0 radical (unpaired) electrons. The van der Waals surface area contributed by atoms with E-state index in [0.717, 1.165) is 16.8 Å². The monoisotopic (exact) mass is 351 g/mol. The second-order valence-electron chi connectivity index (χ2n) is 4.05. The van der Waals surface area contributed by atoms with Crippen LogP contribution in [0.3, 0.4) is 0 Å². The Hall–Kier alpha value is -2.48. The van der Waals surface area contributed by atoms with Crippen molar-refractivity contribution in [3.8, 4) is 0 Å². The van der Waals surface area contributed by atoms with Gasteiger partial charge in [0.15, 0.2) is 5.69 Å². The first-order chi connectivity index (χ1) is 9.97. The van der Waals surface area contributed by atoms with E-state index < -0.39 is 17.4 Å². The van der Waals surface area contributed by atoms with Crippen LogP contribution in [-0.2, 0) is 11.3 Å². The molecule has 0 bridgehead atoms. The first kappa shape index (κ1) is 14.9. The summed E-state index contributed by atoms with van der Waals surface area (Å²) in [6, 6.07) is 9.13. The molecule has 1 amide bonds. The van der Waals surface area contributed by atoms with Gasteiger partial charge >= 0.3 is 5.97 Å². The number of carboxylic acid groups (broad SMARTS) is 1. The first-order valence-electron chi connectivity index (χ1n) is 5.83. The van der Waals surface area contributed by atoms with Gasteiger partial charge in [0.25, 0.3) is 5.56 Å². The molecule has 0 aliphatic rings. The minimum atomic E-state index is -1.27. The van der Waals surface area contributed by atoms with Crippen molar-refractivity contribution in [3.63, 3.8) is 0 Å². The quantitative estimate of drug-likeness (QED) is 0.865. The average molecular weight is 352 g/mol. The number of carboxylic acids is 1. The van der Waals surface area contributed by atoms with Crippen LogP contribution in [0.15, 0.2) is 45.7 Å². The van der Waals surface area contributed by atoms with Gasteiger partial charge in [0.1, 0.15) is 6.54 Å². The Bertz CT molecular complexity index is 757. The van der Waals surface area contributed by atoms with Crippen molar-refractivity contribution in [1.82, 2.24) is 9.78 Å². The number of aromatic carboxylic acids is 1. The summed E-state index contributed by atoms with van der Waals surface area (Å²) >= 11 is 3.28. The Labute approximate surface area is 127 Å². The molecule has 0 spiro atoms. The van der Waals surface area contributed by atoms with Crippen molar-refractivity contribution >= 4 is 33.5 Å². The third kappa shape index (κ3) is 3.76. The summed E-state index contributed by atoms with van der Waals surface area (Å²) in [5.74, 6) is -1.76. The van der Waals surface area contributed by atoms with Crippen molar-refractivity contribution in [3.05, 3.63) is 56.9 Å². The zero-order valence-corrected chi connectivity index (χ0v) is 12.2. The number of hydrogen-bond acceptors (Lipinski definition) is 4. The standard InChI is InChI=1S/C13H10BrN3O4/c14-8-3-1-2-4-9(8)15-11(18)7-17-12(19)6-5-10(16-17)13(20)21/h1-6H,7H2,(H,15,18)(H,20,21). The van der Waals surface area contributed by atoms with E-state index in [1.165, 1.54) is 0 Å². The highest BCUT2D eigenvalue weighted by molar-refractivity contribution is 9.10. The molecule has 0 unspecified atom stereocenters. The second-order valence-corrected chi connectivity index (χ2v) is 4.90. The fraction of sp³-hybridized carbons (Fsp3) is 0.0769. The molecule has 0 aliphatic heterocycles. The van der Waals surface area contributed by atoms with E-state index in [1.807, 2.05) is 0 Å². The normalized spacial score (nSPS) is 10.1. The highest BCUT2D eigenvalue weighted by Gasteiger charge is 2.11. The molecule has 1 aromatic heterocycles. The van der Waals surface area contributed by atoms with Gasteiger partial charge in [-0.3, -0.25) is 9.59 Å². The molecule has 0 saturated heterocycles. The summed E-state index contributed by atoms with van der Waals surface area (Å²) in [6.07, 6.45) is 0. The van der Waals surface area contributed by atoms with E-state index in [9.17, 15) is 14.4 Å². The highest BCUT2D eigenvalue weighted by atomic mass is 79.9. The fourth-order valence-electron chi connectivity index (χ4n) is 1.56. The first-order valence-corrected chi connectivity index (χ1v) is 6.62. The summed E-state index contributed by atoms with van der Waals surface area (Å²) in [4.78, 5) is 34.3. The van der Waals surface area contributed by atoms with E-state index in [0.29, 0.717) is 10.2 Å². The zero-order chi connectivity index (χ0) is 15.4.